The van der Waals surface area contributed by atoms with Crippen molar-refractivity contribution in [2.24, 2.45) is 0 Å². The van der Waals surface area contributed by atoms with Gasteiger partial charge in [-0.1, -0.05) is 18.0 Å². The van der Waals surface area contributed by atoms with Gasteiger partial charge in [0.15, 0.2) is 5.82 Å². The second-order valence-electron chi connectivity index (χ2n) is 7.03. The Hall–Kier alpha value is -2.45. The molecule has 152 valence electrons. The number of hydrogen-bond donors (Lipinski definition) is 0. The molecule has 0 saturated carbocycles. The number of fused-ring (bicyclic) bond motifs is 1. The van der Waals surface area contributed by atoms with Gasteiger partial charge in [0.05, 0.1) is 6.54 Å². The van der Waals surface area contributed by atoms with Crippen LogP contribution in [0.1, 0.15) is 46.4 Å². The van der Waals surface area contributed by atoms with Crippen LogP contribution in [0.25, 0.3) is 0 Å². The molecule has 0 spiro atoms. The van der Waals surface area contributed by atoms with Crippen LogP contribution in [0.3, 0.4) is 0 Å². The summed E-state index contributed by atoms with van der Waals surface area (Å²) in [5.74, 6) is 2.43. The zero-order chi connectivity index (χ0) is 20.2. The summed E-state index contributed by atoms with van der Waals surface area (Å²) in [4.78, 5) is 18.9. The van der Waals surface area contributed by atoms with Gasteiger partial charge in [-0.15, -0.1) is 21.5 Å². The summed E-state index contributed by atoms with van der Waals surface area (Å²) < 4.78 is 7.86. The van der Waals surface area contributed by atoms with E-state index in [9.17, 15) is 4.79 Å². The predicted octanol–water partition coefficient (Wildman–Crippen LogP) is 3.97. The lowest BCUT2D eigenvalue weighted by Gasteiger charge is -2.16. The van der Waals surface area contributed by atoms with Crippen molar-refractivity contribution in [2.75, 3.05) is 7.05 Å². The second kappa shape index (κ2) is 8.92. The molecule has 0 atom stereocenters. The molecule has 3 heterocycles. The Morgan fingerprint density at radius 1 is 1.24 bits per heavy atom. The predicted molar refractivity (Wildman–Crippen MR) is 111 cm³/mol. The first kappa shape index (κ1) is 19.8. The van der Waals surface area contributed by atoms with E-state index in [1.54, 1.807) is 41.6 Å². The van der Waals surface area contributed by atoms with Crippen LogP contribution in [0.2, 0.25) is 5.02 Å². The van der Waals surface area contributed by atoms with E-state index in [1.807, 2.05) is 0 Å². The van der Waals surface area contributed by atoms with Crippen molar-refractivity contribution in [3.63, 3.8) is 0 Å². The van der Waals surface area contributed by atoms with E-state index in [2.05, 4.69) is 19.7 Å². The summed E-state index contributed by atoms with van der Waals surface area (Å²) >= 11 is 7.29. The van der Waals surface area contributed by atoms with Crippen molar-refractivity contribution < 1.29 is 9.53 Å². The molecule has 7 nitrogen and oxygen atoms in total. The third-order valence-corrected chi connectivity index (χ3v) is 5.93. The van der Waals surface area contributed by atoms with Crippen LogP contribution in [-0.4, -0.2) is 37.6 Å². The number of hydrogen-bond acceptors (Lipinski definition) is 6. The summed E-state index contributed by atoms with van der Waals surface area (Å²) in [6.45, 7) is 1.64. The van der Waals surface area contributed by atoms with E-state index in [0.29, 0.717) is 29.6 Å². The quantitative estimate of drug-likeness (QED) is 0.590. The molecule has 9 heteroatoms. The average Bonchev–Trinajstić information content (AvgIpc) is 3.27. The largest absolute Gasteiger partial charge is 0.486 e. The summed E-state index contributed by atoms with van der Waals surface area (Å²) in [7, 11) is 1.77. The van der Waals surface area contributed by atoms with Gasteiger partial charge >= 0.3 is 0 Å². The van der Waals surface area contributed by atoms with Gasteiger partial charge in [-0.05, 0) is 37.1 Å². The molecule has 1 aliphatic heterocycles. The highest BCUT2D eigenvalue weighted by Gasteiger charge is 2.20. The lowest BCUT2D eigenvalue weighted by molar-refractivity contribution is 0.0774. The Kier molecular flexibility index (Phi) is 6.10. The standard InChI is InChI=1S/C20H22ClN5O2S/c1-25(11-18-24-23-17-5-3-2-4-10-26(17)18)20(27)16-13-29-19(22-16)12-28-15-8-6-14(21)7-9-15/h6-9,13H,2-5,10-12H2,1H3. The van der Waals surface area contributed by atoms with Gasteiger partial charge < -0.3 is 14.2 Å². The van der Waals surface area contributed by atoms with E-state index in [1.165, 1.54) is 17.8 Å². The number of thiazole rings is 1. The number of ether oxygens (including phenoxy) is 1. The topological polar surface area (TPSA) is 73.1 Å². The van der Waals surface area contributed by atoms with Crippen LogP contribution >= 0.6 is 22.9 Å². The molecule has 0 bridgehead atoms. The van der Waals surface area contributed by atoms with E-state index < -0.39 is 0 Å². The maximum absolute atomic E-state index is 12.8. The smallest absolute Gasteiger partial charge is 0.273 e. The minimum atomic E-state index is -0.134. The number of rotatable bonds is 6. The minimum Gasteiger partial charge on any atom is -0.486 e. The first-order valence-electron chi connectivity index (χ1n) is 9.59. The van der Waals surface area contributed by atoms with Crippen molar-refractivity contribution in [1.29, 1.82) is 0 Å². The van der Waals surface area contributed by atoms with Gasteiger partial charge in [0, 0.05) is 30.4 Å². The monoisotopic (exact) mass is 431 g/mol. The third kappa shape index (κ3) is 4.76. The average molecular weight is 432 g/mol. The number of carbonyl (C=O) groups is 1. The summed E-state index contributed by atoms with van der Waals surface area (Å²) in [6.07, 6.45) is 4.43. The molecule has 1 aliphatic rings. The lowest BCUT2D eigenvalue weighted by atomic mass is 10.2. The lowest BCUT2D eigenvalue weighted by Crippen LogP contribution is -2.28. The molecule has 4 rings (SSSR count). The molecule has 2 aromatic heterocycles. The Labute approximate surface area is 178 Å². The molecule has 3 aromatic rings. The van der Waals surface area contributed by atoms with Crippen LogP contribution in [0.4, 0.5) is 0 Å². The fourth-order valence-corrected chi connectivity index (χ4v) is 4.10. The maximum atomic E-state index is 12.8. The van der Waals surface area contributed by atoms with Gasteiger partial charge in [-0.2, -0.15) is 0 Å². The van der Waals surface area contributed by atoms with E-state index in [-0.39, 0.29) is 5.91 Å². The molecule has 1 amide bonds. The normalized spacial score (nSPS) is 13.6. The number of halogens is 1. The summed E-state index contributed by atoms with van der Waals surface area (Å²) in [5, 5.41) is 11.8. The first-order chi connectivity index (χ1) is 14.1. The highest BCUT2D eigenvalue weighted by atomic mass is 35.5. The van der Waals surface area contributed by atoms with Gasteiger partial charge in [0.1, 0.15) is 28.9 Å². The van der Waals surface area contributed by atoms with E-state index in [0.717, 1.165) is 42.5 Å². The fourth-order valence-electron chi connectivity index (χ4n) is 3.29. The van der Waals surface area contributed by atoms with E-state index >= 15 is 0 Å². The minimum absolute atomic E-state index is 0.134. The zero-order valence-electron chi connectivity index (χ0n) is 16.2. The zero-order valence-corrected chi connectivity index (χ0v) is 17.7. The van der Waals surface area contributed by atoms with Gasteiger partial charge in [-0.25, -0.2) is 4.98 Å². The van der Waals surface area contributed by atoms with Crippen molar-refractivity contribution in [3.05, 3.63) is 57.0 Å². The Morgan fingerprint density at radius 3 is 2.90 bits per heavy atom. The van der Waals surface area contributed by atoms with Crippen molar-refractivity contribution in [3.8, 4) is 5.75 Å². The molecule has 0 saturated heterocycles. The number of amides is 1. The van der Waals surface area contributed by atoms with Gasteiger partial charge in [-0.3, -0.25) is 4.79 Å². The van der Waals surface area contributed by atoms with Gasteiger partial charge in [0.25, 0.3) is 5.91 Å². The molecule has 0 aliphatic carbocycles. The number of benzene rings is 1. The highest BCUT2D eigenvalue weighted by molar-refractivity contribution is 7.09. The molecule has 1 aromatic carbocycles. The Balaban J connectivity index is 1.37. The van der Waals surface area contributed by atoms with Crippen LogP contribution in [0.15, 0.2) is 29.6 Å². The number of aromatic nitrogens is 4. The molecule has 0 unspecified atom stereocenters. The summed E-state index contributed by atoms with van der Waals surface area (Å²) in [5.41, 5.74) is 0.419. The molecular formula is C20H22ClN5O2S. The van der Waals surface area contributed by atoms with Crippen LogP contribution < -0.4 is 4.74 Å². The van der Waals surface area contributed by atoms with Gasteiger partial charge in [0.2, 0.25) is 0 Å². The molecule has 29 heavy (non-hydrogen) atoms. The van der Waals surface area contributed by atoms with Crippen LogP contribution in [0.5, 0.6) is 5.75 Å². The van der Waals surface area contributed by atoms with Crippen molar-refractivity contribution >= 4 is 28.8 Å². The SMILES string of the molecule is CN(Cc1nnc2n1CCCCC2)C(=O)c1csc(COc2ccc(Cl)cc2)n1. The van der Waals surface area contributed by atoms with Crippen LogP contribution in [0, 0.1) is 0 Å². The van der Waals surface area contributed by atoms with Crippen molar-refractivity contribution in [2.45, 2.75) is 45.4 Å². The highest BCUT2D eigenvalue weighted by Crippen LogP contribution is 2.19. The number of aryl methyl sites for hydroxylation is 1. The fraction of sp³-hybridized carbons (Fsp3) is 0.400. The van der Waals surface area contributed by atoms with E-state index in [4.69, 9.17) is 16.3 Å². The van der Waals surface area contributed by atoms with Crippen molar-refractivity contribution in [1.82, 2.24) is 24.6 Å². The number of carbonyl (C=O) groups excluding carboxylic acids is 1. The second-order valence-corrected chi connectivity index (χ2v) is 8.40. The third-order valence-electron chi connectivity index (χ3n) is 4.86. The molecular weight excluding hydrogens is 410 g/mol. The first-order valence-corrected chi connectivity index (χ1v) is 10.8. The summed E-state index contributed by atoms with van der Waals surface area (Å²) in [6, 6.07) is 7.15. The maximum Gasteiger partial charge on any atom is 0.273 e. The van der Waals surface area contributed by atoms with Crippen LogP contribution in [-0.2, 0) is 26.1 Å². The molecule has 0 radical (unpaired) electrons. The number of nitrogens with zero attached hydrogens (tertiary/aromatic N) is 5. The molecule has 0 fully saturated rings. The Bertz CT molecular complexity index is 985. The molecule has 0 N–H and O–H groups in total. The Morgan fingerprint density at radius 2 is 2.07 bits per heavy atom.